The summed E-state index contributed by atoms with van der Waals surface area (Å²) in [5, 5.41) is 5.01. The minimum absolute atomic E-state index is 0.145. The van der Waals surface area contributed by atoms with Crippen molar-refractivity contribution in [2.45, 2.75) is 6.42 Å². The number of ether oxygens (including phenoxy) is 2. The van der Waals surface area contributed by atoms with Crippen LogP contribution in [0.5, 0.6) is 5.75 Å². The molecule has 0 bridgehead atoms. The molecule has 0 radical (unpaired) electrons. The quantitative estimate of drug-likeness (QED) is 0.347. The molecule has 2 heterocycles. The van der Waals surface area contributed by atoms with Gasteiger partial charge in [0.15, 0.2) is 11.3 Å². The van der Waals surface area contributed by atoms with Crippen LogP contribution in [0.2, 0.25) is 0 Å². The number of halogens is 1. The highest BCUT2D eigenvalue weighted by molar-refractivity contribution is 5.94. The lowest BCUT2D eigenvalue weighted by Gasteiger charge is -2.08. The maximum atomic E-state index is 13.4. The maximum absolute atomic E-state index is 13.4. The molecule has 0 atom stereocenters. The molecule has 2 N–H and O–H groups in total. The molecule has 2 aromatic carbocycles. The van der Waals surface area contributed by atoms with Crippen LogP contribution < -0.4 is 10.1 Å². The third-order valence-corrected chi connectivity index (χ3v) is 4.73. The van der Waals surface area contributed by atoms with Gasteiger partial charge in [-0.1, -0.05) is 12.1 Å². The Labute approximate surface area is 166 Å². The Morgan fingerprint density at radius 1 is 1.21 bits per heavy atom. The molecule has 0 aliphatic rings. The van der Waals surface area contributed by atoms with E-state index >= 15 is 0 Å². The third-order valence-electron chi connectivity index (χ3n) is 4.73. The molecule has 0 aliphatic carbocycles. The van der Waals surface area contributed by atoms with Crippen LogP contribution in [-0.2, 0) is 11.2 Å². The highest BCUT2D eigenvalue weighted by atomic mass is 19.1. The van der Waals surface area contributed by atoms with Crippen molar-refractivity contribution in [1.82, 2.24) is 10.3 Å². The second-order valence-electron chi connectivity index (χ2n) is 6.63. The van der Waals surface area contributed by atoms with Crippen molar-refractivity contribution in [3.8, 4) is 5.75 Å². The zero-order valence-corrected chi connectivity index (χ0v) is 16.0. The minimum atomic E-state index is -0.522. The Morgan fingerprint density at radius 3 is 2.97 bits per heavy atom. The molecule has 0 spiro atoms. The average molecular weight is 396 g/mol. The summed E-state index contributed by atoms with van der Waals surface area (Å²) in [4.78, 5) is 14.8. The number of nitrogens with one attached hydrogen (secondary N) is 2. The minimum Gasteiger partial charge on any atom is -0.488 e. The molecule has 0 saturated carbocycles. The number of rotatable bonds is 8. The Hall–Kier alpha value is -3.32. The van der Waals surface area contributed by atoms with Crippen molar-refractivity contribution in [2.24, 2.45) is 0 Å². The van der Waals surface area contributed by atoms with E-state index in [4.69, 9.17) is 9.15 Å². The van der Waals surface area contributed by atoms with Crippen LogP contribution in [0.1, 0.15) is 16.1 Å². The molecule has 6 nitrogen and oxygen atoms in total. The fourth-order valence-corrected chi connectivity index (χ4v) is 3.29. The van der Waals surface area contributed by atoms with Crippen molar-refractivity contribution >= 4 is 27.8 Å². The summed E-state index contributed by atoms with van der Waals surface area (Å²) in [5.74, 6) is -0.0356. The van der Waals surface area contributed by atoms with Gasteiger partial charge in [-0.15, -0.1) is 0 Å². The second-order valence-corrected chi connectivity index (χ2v) is 6.63. The molecule has 0 saturated heterocycles. The van der Waals surface area contributed by atoms with Crippen molar-refractivity contribution in [3.63, 3.8) is 0 Å². The highest BCUT2D eigenvalue weighted by Gasteiger charge is 2.15. The number of fused-ring (bicyclic) bond motifs is 2. The fourth-order valence-electron chi connectivity index (χ4n) is 3.29. The van der Waals surface area contributed by atoms with Gasteiger partial charge in [-0.3, -0.25) is 0 Å². The van der Waals surface area contributed by atoms with E-state index in [0.717, 1.165) is 34.8 Å². The molecule has 4 aromatic rings. The van der Waals surface area contributed by atoms with Crippen LogP contribution in [0.15, 0.2) is 53.1 Å². The van der Waals surface area contributed by atoms with Crippen molar-refractivity contribution in [3.05, 3.63) is 65.8 Å². The van der Waals surface area contributed by atoms with Crippen molar-refractivity contribution < 1.29 is 23.1 Å². The Kier molecular flexibility index (Phi) is 5.48. The molecule has 2 aromatic heterocycles. The van der Waals surface area contributed by atoms with Crippen LogP contribution in [0.4, 0.5) is 4.39 Å². The van der Waals surface area contributed by atoms with E-state index in [-0.39, 0.29) is 11.6 Å². The summed E-state index contributed by atoms with van der Waals surface area (Å²) in [5.41, 5.74) is 2.53. The number of hydrogen-bond donors (Lipinski definition) is 2. The number of esters is 1. The third kappa shape index (κ3) is 4.09. The van der Waals surface area contributed by atoms with Gasteiger partial charge in [0.1, 0.15) is 12.4 Å². The van der Waals surface area contributed by atoms with Crippen LogP contribution in [0.25, 0.3) is 21.9 Å². The first kappa shape index (κ1) is 19.0. The molecular weight excluding hydrogens is 375 g/mol. The van der Waals surface area contributed by atoms with Gasteiger partial charge in [0, 0.05) is 29.0 Å². The predicted octanol–water partition coefficient (Wildman–Crippen LogP) is 4.05. The summed E-state index contributed by atoms with van der Waals surface area (Å²) >= 11 is 0. The summed E-state index contributed by atoms with van der Waals surface area (Å²) in [6.07, 6.45) is 2.69. The number of H-pyrrole nitrogens is 1. The Balaban J connectivity index is 1.29. The fraction of sp³-hybridized carbons (Fsp3) is 0.227. The standard InChI is InChI=1S/C22H21FN2O4/c1-27-22(26)20-11-14-3-2-4-19(21(14)29-20)28-10-9-24-8-7-15-13-25-18-6-5-16(23)12-17(15)18/h2-6,11-13,24-25H,7-10H2,1H3. The normalized spacial score (nSPS) is 11.2. The number of para-hydroxylation sites is 1. The smallest absolute Gasteiger partial charge is 0.373 e. The number of carbonyl (C=O) groups is 1. The second kappa shape index (κ2) is 8.36. The van der Waals surface area contributed by atoms with E-state index in [1.165, 1.54) is 13.2 Å². The summed E-state index contributed by atoms with van der Waals surface area (Å²) in [6, 6.07) is 11.9. The van der Waals surface area contributed by atoms with E-state index in [0.29, 0.717) is 24.5 Å². The van der Waals surface area contributed by atoms with E-state index in [1.54, 1.807) is 24.3 Å². The number of methoxy groups -OCH3 is 1. The molecule has 7 heteroatoms. The van der Waals surface area contributed by atoms with Crippen LogP contribution in [-0.4, -0.2) is 37.8 Å². The first-order valence-corrected chi connectivity index (χ1v) is 9.35. The number of benzene rings is 2. The number of hydrogen-bond acceptors (Lipinski definition) is 5. The molecule has 29 heavy (non-hydrogen) atoms. The first-order chi connectivity index (χ1) is 14.2. The van der Waals surface area contributed by atoms with E-state index in [2.05, 4.69) is 15.0 Å². The lowest BCUT2D eigenvalue weighted by molar-refractivity contribution is 0.0567. The van der Waals surface area contributed by atoms with Crippen LogP contribution in [0, 0.1) is 5.82 Å². The van der Waals surface area contributed by atoms with E-state index in [9.17, 15) is 9.18 Å². The Morgan fingerprint density at radius 2 is 2.10 bits per heavy atom. The topological polar surface area (TPSA) is 76.5 Å². The summed E-state index contributed by atoms with van der Waals surface area (Å²) in [7, 11) is 1.31. The summed E-state index contributed by atoms with van der Waals surface area (Å²) in [6.45, 7) is 1.82. The van der Waals surface area contributed by atoms with Gasteiger partial charge < -0.3 is 24.2 Å². The Bertz CT molecular complexity index is 1150. The SMILES string of the molecule is COC(=O)c1cc2cccc(OCCNCCc3c[nH]c4ccc(F)cc34)c2o1. The number of aromatic nitrogens is 1. The molecule has 0 aliphatic heterocycles. The van der Waals surface area contributed by atoms with Crippen LogP contribution in [0.3, 0.4) is 0 Å². The van der Waals surface area contributed by atoms with Gasteiger partial charge in [-0.2, -0.15) is 0 Å². The van der Waals surface area contributed by atoms with Gasteiger partial charge in [0.2, 0.25) is 5.76 Å². The van der Waals surface area contributed by atoms with Gasteiger partial charge in [-0.05, 0) is 48.9 Å². The lowest BCUT2D eigenvalue weighted by atomic mass is 10.1. The van der Waals surface area contributed by atoms with Gasteiger partial charge in [0.25, 0.3) is 0 Å². The lowest BCUT2D eigenvalue weighted by Crippen LogP contribution is -2.23. The highest BCUT2D eigenvalue weighted by Crippen LogP contribution is 2.29. The van der Waals surface area contributed by atoms with Crippen molar-refractivity contribution in [1.29, 1.82) is 0 Å². The van der Waals surface area contributed by atoms with E-state index in [1.807, 2.05) is 18.3 Å². The number of aromatic amines is 1. The maximum Gasteiger partial charge on any atom is 0.373 e. The van der Waals surface area contributed by atoms with Gasteiger partial charge >= 0.3 is 5.97 Å². The average Bonchev–Trinajstić information content (AvgIpc) is 3.34. The molecule has 4 rings (SSSR count). The molecular formula is C22H21FN2O4. The molecule has 150 valence electrons. The monoisotopic (exact) mass is 396 g/mol. The molecule has 0 fully saturated rings. The first-order valence-electron chi connectivity index (χ1n) is 9.35. The number of furan rings is 1. The van der Waals surface area contributed by atoms with Crippen LogP contribution >= 0.6 is 0 Å². The predicted molar refractivity (Wildman–Crippen MR) is 108 cm³/mol. The number of carbonyl (C=O) groups excluding carboxylic acids is 1. The molecule has 0 unspecified atom stereocenters. The van der Waals surface area contributed by atoms with Crippen molar-refractivity contribution in [2.75, 3.05) is 26.8 Å². The largest absolute Gasteiger partial charge is 0.488 e. The zero-order valence-electron chi connectivity index (χ0n) is 16.0. The molecule has 0 amide bonds. The summed E-state index contributed by atoms with van der Waals surface area (Å²) < 4.78 is 29.5. The zero-order chi connectivity index (χ0) is 20.2. The van der Waals surface area contributed by atoms with Gasteiger partial charge in [0.05, 0.1) is 7.11 Å². The van der Waals surface area contributed by atoms with Gasteiger partial charge in [-0.25, -0.2) is 9.18 Å². The van der Waals surface area contributed by atoms with E-state index < -0.39 is 5.97 Å².